The number of carboxylic acids is 1. The summed E-state index contributed by atoms with van der Waals surface area (Å²) in [5, 5.41) is 8.31. The van der Waals surface area contributed by atoms with Crippen LogP contribution in [0.15, 0.2) is 0 Å². The molecule has 0 bridgehead atoms. The predicted molar refractivity (Wildman–Crippen MR) is 47.2 cm³/mol. The molecule has 0 aromatic rings. The van der Waals surface area contributed by atoms with Crippen molar-refractivity contribution in [2.75, 3.05) is 12.3 Å². The highest BCUT2D eigenvalue weighted by Crippen LogP contribution is 2.32. The van der Waals surface area contributed by atoms with Gasteiger partial charge in [-0.25, -0.2) is 8.42 Å². The van der Waals surface area contributed by atoms with Crippen molar-refractivity contribution >= 4 is 16.0 Å². The number of alkyl halides is 3. The Bertz CT molecular complexity index is 374. The minimum atomic E-state index is -4.66. The summed E-state index contributed by atoms with van der Waals surface area (Å²) in [4.78, 5) is 10.2. The Balaban J connectivity index is 2.81. The summed E-state index contributed by atoms with van der Waals surface area (Å²) in [5.41, 5.74) is 0. The minimum Gasteiger partial charge on any atom is -0.480 e. The van der Waals surface area contributed by atoms with Crippen molar-refractivity contribution in [3.05, 3.63) is 0 Å². The SMILES string of the molecule is O=C(O)CS(=O)(=O)N(CC(F)(F)F)C1CC1. The van der Waals surface area contributed by atoms with Gasteiger partial charge in [-0.15, -0.1) is 0 Å². The predicted octanol–water partition coefficient (Wildman–Crippen LogP) is 0.428. The zero-order valence-corrected chi connectivity index (χ0v) is 8.88. The van der Waals surface area contributed by atoms with Gasteiger partial charge in [0.1, 0.15) is 6.54 Å². The van der Waals surface area contributed by atoms with Gasteiger partial charge in [-0.3, -0.25) is 4.79 Å². The van der Waals surface area contributed by atoms with Gasteiger partial charge in [0.15, 0.2) is 5.75 Å². The third-order valence-electron chi connectivity index (χ3n) is 1.95. The van der Waals surface area contributed by atoms with Crippen LogP contribution in [0, 0.1) is 0 Å². The van der Waals surface area contributed by atoms with Crippen LogP contribution in [0.2, 0.25) is 0 Å². The molecule has 0 amide bonds. The number of carbonyl (C=O) groups is 1. The second kappa shape index (κ2) is 4.21. The first-order valence-corrected chi connectivity index (χ1v) is 6.01. The number of halogens is 3. The lowest BCUT2D eigenvalue weighted by molar-refractivity contribution is -0.138. The fraction of sp³-hybridized carbons (Fsp3) is 0.857. The maximum absolute atomic E-state index is 12.1. The molecule has 1 aliphatic rings. The Morgan fingerprint density at radius 2 is 1.88 bits per heavy atom. The van der Waals surface area contributed by atoms with E-state index in [2.05, 4.69) is 0 Å². The number of carboxylic acid groups (broad SMARTS) is 1. The van der Waals surface area contributed by atoms with E-state index in [1.165, 1.54) is 0 Å². The number of sulfonamides is 1. The van der Waals surface area contributed by atoms with Crippen molar-refractivity contribution in [3.8, 4) is 0 Å². The van der Waals surface area contributed by atoms with Crippen molar-refractivity contribution in [1.82, 2.24) is 4.31 Å². The van der Waals surface area contributed by atoms with Gasteiger partial charge in [-0.2, -0.15) is 17.5 Å². The Kier molecular flexibility index (Phi) is 3.48. The molecule has 0 radical (unpaired) electrons. The molecule has 1 fully saturated rings. The van der Waals surface area contributed by atoms with Crippen LogP contribution in [0.25, 0.3) is 0 Å². The van der Waals surface area contributed by atoms with E-state index in [4.69, 9.17) is 5.11 Å². The number of hydrogen-bond donors (Lipinski definition) is 1. The second-order valence-corrected chi connectivity index (χ2v) is 5.46. The summed E-state index contributed by atoms with van der Waals surface area (Å²) in [6, 6.07) is -0.703. The van der Waals surface area contributed by atoms with Crippen LogP contribution >= 0.6 is 0 Å². The molecule has 1 saturated carbocycles. The summed E-state index contributed by atoms with van der Waals surface area (Å²) in [6.07, 6.45) is -3.97. The molecule has 94 valence electrons. The molecule has 0 heterocycles. The molecule has 0 spiro atoms. The Morgan fingerprint density at radius 3 is 2.19 bits per heavy atom. The van der Waals surface area contributed by atoms with Crippen molar-refractivity contribution < 1.29 is 31.5 Å². The van der Waals surface area contributed by atoms with Gasteiger partial charge >= 0.3 is 12.1 Å². The summed E-state index contributed by atoms with van der Waals surface area (Å²) in [6.45, 7) is -1.62. The highest BCUT2D eigenvalue weighted by Gasteiger charge is 2.44. The first kappa shape index (κ1) is 13.2. The van der Waals surface area contributed by atoms with E-state index < -0.39 is 40.5 Å². The Morgan fingerprint density at radius 1 is 1.38 bits per heavy atom. The topological polar surface area (TPSA) is 74.7 Å². The number of rotatable bonds is 5. The smallest absolute Gasteiger partial charge is 0.402 e. The fourth-order valence-corrected chi connectivity index (χ4v) is 2.72. The van der Waals surface area contributed by atoms with Crippen LogP contribution < -0.4 is 0 Å². The molecule has 0 aromatic carbocycles. The molecular weight excluding hydrogens is 251 g/mol. The summed E-state index contributed by atoms with van der Waals surface area (Å²) < 4.78 is 59.3. The molecule has 9 heteroatoms. The van der Waals surface area contributed by atoms with Crippen molar-refractivity contribution in [1.29, 1.82) is 0 Å². The number of nitrogens with zero attached hydrogens (tertiary/aromatic N) is 1. The molecule has 0 aliphatic heterocycles. The monoisotopic (exact) mass is 261 g/mol. The van der Waals surface area contributed by atoms with Crippen LogP contribution in [-0.4, -0.2) is 48.3 Å². The number of hydrogen-bond acceptors (Lipinski definition) is 3. The Labute approximate surface area is 89.9 Å². The molecule has 0 unspecified atom stereocenters. The van der Waals surface area contributed by atoms with Crippen LogP contribution in [-0.2, 0) is 14.8 Å². The molecule has 1 aliphatic carbocycles. The maximum Gasteiger partial charge on any atom is 0.402 e. The minimum absolute atomic E-state index is 0.237. The zero-order chi connectivity index (χ0) is 12.6. The van der Waals surface area contributed by atoms with Gasteiger partial charge in [-0.1, -0.05) is 0 Å². The van der Waals surface area contributed by atoms with E-state index >= 15 is 0 Å². The van der Waals surface area contributed by atoms with E-state index in [0.717, 1.165) is 0 Å². The quantitative estimate of drug-likeness (QED) is 0.778. The highest BCUT2D eigenvalue weighted by molar-refractivity contribution is 7.89. The number of aliphatic carboxylic acids is 1. The largest absolute Gasteiger partial charge is 0.480 e. The first-order chi connectivity index (χ1) is 7.12. The normalized spacial score (nSPS) is 17.8. The summed E-state index contributed by atoms with van der Waals surface area (Å²) in [7, 11) is -4.38. The van der Waals surface area contributed by atoms with Crippen molar-refractivity contribution in [2.24, 2.45) is 0 Å². The summed E-state index contributed by atoms with van der Waals surface area (Å²) in [5.74, 6) is -2.97. The molecule has 1 N–H and O–H groups in total. The average molecular weight is 261 g/mol. The third-order valence-corrected chi connectivity index (χ3v) is 3.71. The molecule has 0 atom stereocenters. The van der Waals surface area contributed by atoms with Crippen molar-refractivity contribution in [3.63, 3.8) is 0 Å². The maximum atomic E-state index is 12.1. The van der Waals surface area contributed by atoms with Gasteiger partial charge in [-0.05, 0) is 12.8 Å². The highest BCUT2D eigenvalue weighted by atomic mass is 32.2. The molecule has 0 aromatic heterocycles. The van der Waals surface area contributed by atoms with Gasteiger partial charge in [0.2, 0.25) is 10.0 Å². The second-order valence-electron chi connectivity index (χ2n) is 3.54. The lowest BCUT2D eigenvalue weighted by atomic mass is 10.6. The summed E-state index contributed by atoms with van der Waals surface area (Å²) >= 11 is 0. The van der Waals surface area contributed by atoms with Gasteiger partial charge in [0, 0.05) is 6.04 Å². The van der Waals surface area contributed by atoms with E-state index in [1.54, 1.807) is 0 Å². The fourth-order valence-electron chi connectivity index (χ4n) is 1.23. The standard InChI is InChI=1S/C7H10F3NO4S/c8-7(9,10)4-11(5-1-2-5)16(14,15)3-6(12)13/h5H,1-4H2,(H,12,13). The lowest BCUT2D eigenvalue weighted by Gasteiger charge is -2.22. The Hall–Kier alpha value is -0.830. The van der Waals surface area contributed by atoms with Crippen LogP contribution in [0.1, 0.15) is 12.8 Å². The molecule has 5 nitrogen and oxygen atoms in total. The van der Waals surface area contributed by atoms with E-state index in [1.807, 2.05) is 0 Å². The zero-order valence-electron chi connectivity index (χ0n) is 8.07. The van der Waals surface area contributed by atoms with Crippen LogP contribution in [0.5, 0.6) is 0 Å². The molecule has 1 rings (SSSR count). The van der Waals surface area contributed by atoms with E-state index in [9.17, 15) is 26.4 Å². The van der Waals surface area contributed by atoms with E-state index in [-0.39, 0.29) is 4.31 Å². The van der Waals surface area contributed by atoms with E-state index in [0.29, 0.717) is 12.8 Å². The third kappa shape index (κ3) is 3.97. The van der Waals surface area contributed by atoms with Crippen molar-refractivity contribution in [2.45, 2.75) is 25.1 Å². The van der Waals surface area contributed by atoms with Gasteiger partial charge < -0.3 is 5.11 Å². The lowest BCUT2D eigenvalue weighted by Crippen LogP contribution is -2.42. The van der Waals surface area contributed by atoms with Crippen LogP contribution in [0.4, 0.5) is 13.2 Å². The molecule has 16 heavy (non-hydrogen) atoms. The van der Waals surface area contributed by atoms with Gasteiger partial charge in [0.05, 0.1) is 0 Å². The van der Waals surface area contributed by atoms with Crippen LogP contribution in [0.3, 0.4) is 0 Å². The molecule has 0 saturated heterocycles. The molecular formula is C7H10F3NO4S. The van der Waals surface area contributed by atoms with Gasteiger partial charge in [0.25, 0.3) is 0 Å². The first-order valence-electron chi connectivity index (χ1n) is 4.40. The average Bonchev–Trinajstić information content (AvgIpc) is 2.77.